The Morgan fingerprint density at radius 2 is 1.65 bits per heavy atom. The lowest BCUT2D eigenvalue weighted by molar-refractivity contribution is -0.121. The van der Waals surface area contributed by atoms with Crippen LogP contribution < -0.4 is 10.6 Å². The van der Waals surface area contributed by atoms with E-state index < -0.39 is 0 Å². The molecule has 3 amide bonds. The first-order valence-corrected chi connectivity index (χ1v) is 7.57. The molecule has 1 aliphatic heterocycles. The van der Waals surface area contributed by atoms with Gasteiger partial charge in [0.05, 0.1) is 11.1 Å². The first kappa shape index (κ1) is 19.1. The number of fused-ring (bicyclic) bond motifs is 1. The maximum absolute atomic E-state index is 12.1. The van der Waals surface area contributed by atoms with Crippen LogP contribution in [0.15, 0.2) is 24.3 Å². The molecule has 6 nitrogen and oxygen atoms in total. The fraction of sp³-hybridized carbons (Fsp3) is 0.438. The summed E-state index contributed by atoms with van der Waals surface area (Å²) in [6.07, 6.45) is 1.17. The molecule has 0 radical (unpaired) electrons. The zero-order valence-electron chi connectivity index (χ0n) is 13.1. The number of nitrogens with one attached hydrogen (secondary N) is 2. The van der Waals surface area contributed by atoms with Crippen LogP contribution >= 0.6 is 12.4 Å². The molecule has 1 aromatic carbocycles. The van der Waals surface area contributed by atoms with Gasteiger partial charge in [0, 0.05) is 26.1 Å². The summed E-state index contributed by atoms with van der Waals surface area (Å²) >= 11 is 0. The van der Waals surface area contributed by atoms with Gasteiger partial charge in [-0.3, -0.25) is 19.3 Å². The molecule has 0 fully saturated rings. The van der Waals surface area contributed by atoms with Gasteiger partial charge in [0.15, 0.2) is 0 Å². The normalized spacial score (nSPS) is 12.8. The number of imide groups is 1. The van der Waals surface area contributed by atoms with Gasteiger partial charge < -0.3 is 10.6 Å². The SMILES string of the molecule is CCCNCCNC(=O)CCN1C(=O)c2ccccc2C1=O.Cl. The van der Waals surface area contributed by atoms with Gasteiger partial charge in [0.25, 0.3) is 11.8 Å². The number of hydrogen-bond acceptors (Lipinski definition) is 4. The lowest BCUT2D eigenvalue weighted by Crippen LogP contribution is -2.36. The highest BCUT2D eigenvalue weighted by Gasteiger charge is 2.34. The number of nitrogens with zero attached hydrogens (tertiary/aromatic N) is 1. The zero-order valence-corrected chi connectivity index (χ0v) is 13.9. The lowest BCUT2D eigenvalue weighted by atomic mass is 10.1. The molecule has 0 aromatic heterocycles. The second kappa shape index (κ2) is 9.27. The van der Waals surface area contributed by atoms with Gasteiger partial charge in [-0.1, -0.05) is 19.1 Å². The maximum Gasteiger partial charge on any atom is 0.261 e. The minimum atomic E-state index is -0.321. The summed E-state index contributed by atoms with van der Waals surface area (Å²) < 4.78 is 0. The monoisotopic (exact) mass is 339 g/mol. The highest BCUT2D eigenvalue weighted by molar-refractivity contribution is 6.21. The molecule has 0 saturated heterocycles. The topological polar surface area (TPSA) is 78.5 Å². The summed E-state index contributed by atoms with van der Waals surface area (Å²) in [6.45, 7) is 4.37. The molecule has 0 bridgehead atoms. The third-order valence-electron chi connectivity index (χ3n) is 3.49. The summed E-state index contributed by atoms with van der Waals surface area (Å²) in [5.41, 5.74) is 0.827. The smallest absolute Gasteiger partial charge is 0.261 e. The van der Waals surface area contributed by atoms with Crippen molar-refractivity contribution in [1.29, 1.82) is 0 Å². The van der Waals surface area contributed by atoms with E-state index in [0.717, 1.165) is 17.9 Å². The first-order valence-electron chi connectivity index (χ1n) is 7.57. The van der Waals surface area contributed by atoms with E-state index >= 15 is 0 Å². The molecular weight excluding hydrogens is 318 g/mol. The van der Waals surface area contributed by atoms with Crippen molar-refractivity contribution in [2.24, 2.45) is 0 Å². The molecule has 0 atom stereocenters. The Hall–Kier alpha value is -1.92. The van der Waals surface area contributed by atoms with Crippen LogP contribution in [-0.4, -0.2) is 48.8 Å². The largest absolute Gasteiger partial charge is 0.355 e. The van der Waals surface area contributed by atoms with E-state index in [9.17, 15) is 14.4 Å². The molecule has 1 heterocycles. The first-order chi connectivity index (χ1) is 10.6. The summed E-state index contributed by atoms with van der Waals surface area (Å²) in [7, 11) is 0. The Bertz CT molecular complexity index is 542. The number of carbonyl (C=O) groups is 3. The summed E-state index contributed by atoms with van der Waals surface area (Å²) in [6, 6.07) is 6.72. The Balaban J connectivity index is 0.00000264. The Morgan fingerprint density at radius 1 is 1.04 bits per heavy atom. The predicted molar refractivity (Wildman–Crippen MR) is 89.8 cm³/mol. The van der Waals surface area contributed by atoms with Crippen LogP contribution in [0, 0.1) is 0 Å². The van der Waals surface area contributed by atoms with Gasteiger partial charge in [-0.05, 0) is 25.1 Å². The highest BCUT2D eigenvalue weighted by Crippen LogP contribution is 2.22. The zero-order chi connectivity index (χ0) is 15.9. The van der Waals surface area contributed by atoms with E-state index in [2.05, 4.69) is 17.6 Å². The van der Waals surface area contributed by atoms with Crippen LogP contribution in [0.3, 0.4) is 0 Å². The van der Waals surface area contributed by atoms with Crippen LogP contribution in [0.2, 0.25) is 0 Å². The second-order valence-electron chi connectivity index (χ2n) is 5.16. The summed E-state index contributed by atoms with van der Waals surface area (Å²) in [5, 5.41) is 5.95. The molecule has 23 heavy (non-hydrogen) atoms. The van der Waals surface area contributed by atoms with Crippen molar-refractivity contribution >= 4 is 30.1 Å². The minimum Gasteiger partial charge on any atom is -0.355 e. The van der Waals surface area contributed by atoms with Gasteiger partial charge in [-0.2, -0.15) is 0 Å². The van der Waals surface area contributed by atoms with E-state index in [4.69, 9.17) is 0 Å². The fourth-order valence-corrected chi connectivity index (χ4v) is 2.34. The van der Waals surface area contributed by atoms with Crippen molar-refractivity contribution < 1.29 is 14.4 Å². The fourth-order valence-electron chi connectivity index (χ4n) is 2.34. The molecule has 2 N–H and O–H groups in total. The number of rotatable bonds is 8. The van der Waals surface area contributed by atoms with E-state index in [0.29, 0.717) is 24.2 Å². The molecule has 0 aliphatic carbocycles. The highest BCUT2D eigenvalue weighted by atomic mass is 35.5. The Morgan fingerprint density at radius 3 is 2.22 bits per heavy atom. The Labute approximate surface area is 142 Å². The van der Waals surface area contributed by atoms with Gasteiger partial charge in [0.1, 0.15) is 0 Å². The molecule has 0 spiro atoms. The molecule has 0 saturated carbocycles. The number of halogens is 1. The van der Waals surface area contributed by atoms with Crippen molar-refractivity contribution in [3.05, 3.63) is 35.4 Å². The maximum atomic E-state index is 12.1. The van der Waals surface area contributed by atoms with Gasteiger partial charge in [-0.15, -0.1) is 12.4 Å². The van der Waals surface area contributed by atoms with Gasteiger partial charge in [0.2, 0.25) is 5.91 Å². The van der Waals surface area contributed by atoms with E-state index in [-0.39, 0.29) is 43.1 Å². The average molecular weight is 340 g/mol. The van der Waals surface area contributed by atoms with Crippen LogP contribution in [0.25, 0.3) is 0 Å². The Kier molecular flexibility index (Phi) is 7.71. The minimum absolute atomic E-state index is 0. The standard InChI is InChI=1S/C16H21N3O3.ClH/c1-2-8-17-9-10-18-14(20)7-11-19-15(21)12-5-3-4-6-13(12)16(19)22;/h3-6,17H,2,7-11H2,1H3,(H,18,20);1H. The molecular formula is C16H22ClN3O3. The van der Waals surface area contributed by atoms with Crippen molar-refractivity contribution in [3.8, 4) is 0 Å². The molecule has 7 heteroatoms. The number of amides is 3. The molecule has 0 unspecified atom stereocenters. The molecule has 1 aromatic rings. The van der Waals surface area contributed by atoms with Crippen LogP contribution in [-0.2, 0) is 4.79 Å². The quantitative estimate of drug-likeness (QED) is 0.551. The lowest BCUT2D eigenvalue weighted by Gasteiger charge is -2.13. The number of benzene rings is 1. The van der Waals surface area contributed by atoms with E-state index in [1.165, 1.54) is 0 Å². The summed E-state index contributed by atoms with van der Waals surface area (Å²) in [4.78, 5) is 37.1. The average Bonchev–Trinajstić information content (AvgIpc) is 2.77. The van der Waals surface area contributed by atoms with Gasteiger partial charge in [-0.25, -0.2) is 0 Å². The van der Waals surface area contributed by atoms with Crippen molar-refractivity contribution in [2.45, 2.75) is 19.8 Å². The van der Waals surface area contributed by atoms with Crippen LogP contribution in [0.4, 0.5) is 0 Å². The van der Waals surface area contributed by atoms with E-state index in [1.54, 1.807) is 24.3 Å². The predicted octanol–water partition coefficient (Wildman–Crippen LogP) is 1.21. The second-order valence-corrected chi connectivity index (χ2v) is 5.16. The molecule has 1 aliphatic rings. The van der Waals surface area contributed by atoms with Crippen LogP contribution in [0.1, 0.15) is 40.5 Å². The number of carbonyl (C=O) groups excluding carboxylic acids is 3. The molecule has 126 valence electrons. The van der Waals surface area contributed by atoms with Crippen LogP contribution in [0.5, 0.6) is 0 Å². The van der Waals surface area contributed by atoms with Crippen molar-refractivity contribution in [2.75, 3.05) is 26.2 Å². The molecule has 2 rings (SSSR count). The summed E-state index contributed by atoms with van der Waals surface area (Å²) in [5.74, 6) is -0.800. The third-order valence-corrected chi connectivity index (χ3v) is 3.49. The third kappa shape index (κ3) is 4.77. The van der Waals surface area contributed by atoms with Crippen molar-refractivity contribution in [3.63, 3.8) is 0 Å². The van der Waals surface area contributed by atoms with Gasteiger partial charge >= 0.3 is 0 Å². The van der Waals surface area contributed by atoms with Crippen molar-refractivity contribution in [1.82, 2.24) is 15.5 Å². The van der Waals surface area contributed by atoms with E-state index in [1.807, 2.05) is 0 Å². The number of hydrogen-bond donors (Lipinski definition) is 2.